The largest absolute Gasteiger partial charge is 0.389 e. The lowest BCUT2D eigenvalue weighted by Gasteiger charge is -2.58. The first kappa shape index (κ1) is 35.9. The van der Waals surface area contributed by atoms with Gasteiger partial charge in [0.1, 0.15) is 16.5 Å². The molecule has 0 amide bonds. The van der Waals surface area contributed by atoms with Gasteiger partial charge in [-0.15, -0.1) is 11.3 Å². The van der Waals surface area contributed by atoms with Crippen molar-refractivity contribution in [2.45, 2.75) is 118 Å². The van der Waals surface area contributed by atoms with Crippen molar-refractivity contribution in [3.63, 3.8) is 0 Å². The van der Waals surface area contributed by atoms with E-state index in [1.165, 1.54) is 43.4 Å². The molecule has 0 radical (unpaired) electrons. The third-order valence-corrected chi connectivity index (χ3v) is 11.4. The number of halogens is 2. The molecular formula is C37H50Cl2N2O3S. The van der Waals surface area contributed by atoms with Gasteiger partial charge in [0.25, 0.3) is 0 Å². The number of nitrogens with zero attached hydrogens (tertiary/aromatic N) is 2. The van der Waals surface area contributed by atoms with Crippen LogP contribution >= 0.6 is 34.5 Å². The molecule has 246 valence electrons. The molecule has 2 aromatic heterocycles. The molecule has 2 heterocycles. The number of hydrogen-bond donors (Lipinski definition) is 1. The van der Waals surface area contributed by atoms with Crippen molar-refractivity contribution in [3.05, 3.63) is 68.8 Å². The number of hydrogen-bond acceptors (Lipinski definition) is 6. The van der Waals surface area contributed by atoms with Gasteiger partial charge in [0, 0.05) is 22.5 Å². The molecule has 2 aromatic carbocycles. The van der Waals surface area contributed by atoms with Crippen LogP contribution in [-0.4, -0.2) is 20.8 Å². The number of aliphatic hydroxyl groups excluding tert-OH is 1. The van der Waals surface area contributed by atoms with Crippen LogP contribution in [-0.2, 0) is 18.0 Å². The third-order valence-electron chi connectivity index (χ3n) is 9.72. The molecule has 4 fully saturated rings. The Morgan fingerprint density at radius 3 is 2.22 bits per heavy atom. The fourth-order valence-corrected chi connectivity index (χ4v) is 9.09. The molecule has 8 heteroatoms. The summed E-state index contributed by atoms with van der Waals surface area (Å²) < 4.78 is 13.8. The Balaban J connectivity index is 0.000000227. The second kappa shape index (κ2) is 15.8. The van der Waals surface area contributed by atoms with Crippen LogP contribution in [0.15, 0.2) is 47.0 Å². The maximum absolute atomic E-state index is 8.79. The molecular weight excluding hydrogens is 623 g/mol. The highest BCUT2D eigenvalue weighted by Gasteiger charge is 2.70. The molecule has 45 heavy (non-hydrogen) atoms. The lowest BCUT2D eigenvalue weighted by molar-refractivity contribution is -0.217. The summed E-state index contributed by atoms with van der Waals surface area (Å²) in [4.78, 5) is 4.20. The lowest BCUT2D eigenvalue weighted by Crippen LogP contribution is -2.58. The summed E-state index contributed by atoms with van der Waals surface area (Å²) in [5.74, 6) is 3.07. The fourth-order valence-electron chi connectivity index (χ4n) is 7.68. The van der Waals surface area contributed by atoms with E-state index in [-0.39, 0.29) is 12.2 Å². The summed E-state index contributed by atoms with van der Waals surface area (Å²) >= 11 is 14.5. The van der Waals surface area contributed by atoms with Gasteiger partial charge < -0.3 is 14.4 Å². The van der Waals surface area contributed by atoms with Crippen LogP contribution in [0.2, 0.25) is 10.0 Å². The minimum atomic E-state index is 0.0410. The van der Waals surface area contributed by atoms with Gasteiger partial charge in [-0.05, 0) is 81.0 Å². The smallest absolute Gasteiger partial charge is 0.145 e. The Morgan fingerprint density at radius 1 is 0.956 bits per heavy atom. The molecule has 1 N–H and O–H groups in total. The van der Waals surface area contributed by atoms with E-state index in [0.29, 0.717) is 28.0 Å². The molecule has 1 spiro atoms. The molecule has 4 aliphatic rings. The van der Waals surface area contributed by atoms with Gasteiger partial charge in [0.15, 0.2) is 0 Å². The molecule has 4 aromatic rings. The van der Waals surface area contributed by atoms with Crippen LogP contribution in [0.5, 0.6) is 0 Å². The molecule has 4 unspecified atom stereocenters. The van der Waals surface area contributed by atoms with Crippen LogP contribution in [0, 0.1) is 17.3 Å². The average molecular weight is 674 g/mol. The number of para-hydroxylation sites is 1. The summed E-state index contributed by atoms with van der Waals surface area (Å²) in [5.41, 5.74) is 4.04. The molecule has 0 aliphatic heterocycles. The van der Waals surface area contributed by atoms with Crippen LogP contribution in [0.1, 0.15) is 116 Å². The molecule has 5 nitrogen and oxygen atoms in total. The number of rotatable bonds is 6. The van der Waals surface area contributed by atoms with Gasteiger partial charge in [-0.2, -0.15) is 0 Å². The number of ether oxygens (including phenoxy) is 1. The number of fused-ring (bicyclic) bond motifs is 2. The Hall–Kier alpha value is -1.96. The topological polar surface area (TPSA) is 68.4 Å². The van der Waals surface area contributed by atoms with E-state index in [9.17, 15) is 0 Å². The normalized spacial score (nSPS) is 25.3. The summed E-state index contributed by atoms with van der Waals surface area (Å²) in [6, 6.07) is 13.5. The summed E-state index contributed by atoms with van der Waals surface area (Å²) in [7, 11) is 0. The van der Waals surface area contributed by atoms with Crippen LogP contribution in [0.3, 0.4) is 0 Å². The first-order valence-electron chi connectivity index (χ1n) is 16.9. The van der Waals surface area contributed by atoms with Crippen molar-refractivity contribution >= 4 is 44.8 Å². The molecule has 8 rings (SSSR count). The maximum atomic E-state index is 8.79. The number of thiazole rings is 1. The van der Waals surface area contributed by atoms with Crippen LogP contribution in [0.4, 0.5) is 0 Å². The highest BCUT2D eigenvalue weighted by Crippen LogP contribution is 2.73. The highest BCUT2D eigenvalue weighted by molar-refractivity contribution is 7.18. The van der Waals surface area contributed by atoms with E-state index in [4.69, 9.17) is 37.6 Å². The molecule has 4 saturated carbocycles. The highest BCUT2D eigenvalue weighted by atomic mass is 35.5. The monoisotopic (exact) mass is 672 g/mol. The van der Waals surface area contributed by atoms with E-state index >= 15 is 0 Å². The Kier molecular flexibility index (Phi) is 12.6. The quantitative estimate of drug-likeness (QED) is 0.221. The number of aromatic nitrogens is 2. The van der Waals surface area contributed by atoms with Crippen molar-refractivity contribution < 1.29 is 14.4 Å². The first-order chi connectivity index (χ1) is 21.9. The standard InChI is InChI=1S/C23H25Cl2NO2.C8H7NOS.3C2H6/c1-13-9-14-10-22(13)7-8-23(22,11-14)27-12-16-20(26-28-21(16)15-5-6-15)19-17(24)3-2-4-18(19)25;10-5-8-9-6-3-1-2-4-7(6)11-8;3*1-2/h2-4,13-15H,5-12H2,1H3;1-4,10H,5H2;3*1-2H3. The number of benzene rings is 2. The molecule has 0 saturated heterocycles. The van der Waals surface area contributed by atoms with Crippen molar-refractivity contribution in [1.29, 1.82) is 0 Å². The minimum absolute atomic E-state index is 0.0410. The third kappa shape index (κ3) is 6.87. The van der Waals surface area contributed by atoms with Gasteiger partial charge >= 0.3 is 0 Å². The van der Waals surface area contributed by atoms with Gasteiger partial charge in [0.05, 0.1) is 39.1 Å². The molecule has 2 bridgehead atoms. The zero-order chi connectivity index (χ0) is 32.8. The van der Waals surface area contributed by atoms with E-state index < -0.39 is 0 Å². The zero-order valence-electron chi connectivity index (χ0n) is 28.0. The average Bonchev–Trinajstić information content (AvgIpc) is 3.44. The van der Waals surface area contributed by atoms with Crippen molar-refractivity contribution in [2.75, 3.05) is 0 Å². The van der Waals surface area contributed by atoms with E-state index in [0.717, 1.165) is 62.5 Å². The second-order valence-corrected chi connectivity index (χ2v) is 13.8. The lowest BCUT2D eigenvalue weighted by atomic mass is 9.52. The van der Waals surface area contributed by atoms with Gasteiger partial charge in [-0.25, -0.2) is 4.98 Å². The minimum Gasteiger partial charge on any atom is -0.389 e. The summed E-state index contributed by atoms with van der Waals surface area (Å²) in [6.07, 6.45) is 8.80. The van der Waals surface area contributed by atoms with E-state index in [1.807, 2.05) is 84.0 Å². The summed E-state index contributed by atoms with van der Waals surface area (Å²) in [6.45, 7) is 15.0. The Bertz CT molecular complexity index is 1480. The van der Waals surface area contributed by atoms with Crippen LogP contribution < -0.4 is 0 Å². The van der Waals surface area contributed by atoms with Crippen molar-refractivity contribution in [1.82, 2.24) is 10.1 Å². The van der Waals surface area contributed by atoms with Crippen LogP contribution in [0.25, 0.3) is 21.5 Å². The van der Waals surface area contributed by atoms with E-state index in [1.54, 1.807) is 0 Å². The van der Waals surface area contributed by atoms with Crippen molar-refractivity contribution in [3.8, 4) is 11.3 Å². The molecule has 4 atom stereocenters. The summed E-state index contributed by atoms with van der Waals surface area (Å²) in [5, 5.41) is 15.2. The fraction of sp³-hybridized carbons (Fsp3) is 0.568. The predicted octanol–water partition coefficient (Wildman–Crippen LogP) is 11.9. The van der Waals surface area contributed by atoms with Crippen molar-refractivity contribution in [2.24, 2.45) is 17.3 Å². The zero-order valence-corrected chi connectivity index (χ0v) is 30.3. The maximum Gasteiger partial charge on any atom is 0.145 e. The van der Waals surface area contributed by atoms with E-state index in [2.05, 4.69) is 17.1 Å². The Labute approximate surface area is 283 Å². The second-order valence-electron chi connectivity index (χ2n) is 11.8. The number of aliphatic hydroxyl groups is 1. The molecule has 4 aliphatic carbocycles. The van der Waals surface area contributed by atoms with Gasteiger partial charge in [0.2, 0.25) is 0 Å². The first-order valence-corrected chi connectivity index (χ1v) is 18.5. The predicted molar refractivity (Wildman–Crippen MR) is 189 cm³/mol. The van der Waals surface area contributed by atoms with Gasteiger partial charge in [-0.1, -0.05) is 95.0 Å². The Morgan fingerprint density at radius 2 is 1.64 bits per heavy atom. The van der Waals surface area contributed by atoms with Gasteiger partial charge in [-0.3, -0.25) is 0 Å². The SMILES string of the molecule is CC.CC.CC.CC1CC2CC3(OCc4c(-c5c(Cl)cccc5Cl)noc4C4CC4)CCC13C2.OCc1nc2ccccc2s1.